The van der Waals surface area contributed by atoms with Gasteiger partial charge in [0, 0.05) is 24.7 Å². The number of amides is 1. The number of hydrogen-bond donors (Lipinski definition) is 0. The fraction of sp³-hybridized carbons (Fsp3) is 0.368. The second-order valence-corrected chi connectivity index (χ2v) is 6.61. The zero-order valence-electron chi connectivity index (χ0n) is 13.7. The first kappa shape index (κ1) is 16.0. The molecule has 2 aromatic rings. The van der Waals surface area contributed by atoms with E-state index in [4.69, 9.17) is 9.47 Å². The van der Waals surface area contributed by atoms with E-state index in [0.29, 0.717) is 25.3 Å². The zero-order valence-corrected chi connectivity index (χ0v) is 13.7. The molecular formula is C19H19FN2O3. The monoisotopic (exact) mass is 342 g/mol. The lowest BCUT2D eigenvalue weighted by Gasteiger charge is -2.23. The minimum atomic E-state index is -0.345. The first-order chi connectivity index (χ1) is 12.1. The summed E-state index contributed by atoms with van der Waals surface area (Å²) in [6.07, 6.45) is 4.88. The van der Waals surface area contributed by atoms with Gasteiger partial charge in [0.25, 0.3) is 5.91 Å². The fourth-order valence-corrected chi connectivity index (χ4v) is 3.56. The Morgan fingerprint density at radius 1 is 1.32 bits per heavy atom. The molecule has 0 aliphatic carbocycles. The van der Waals surface area contributed by atoms with Gasteiger partial charge in [0.05, 0.1) is 24.9 Å². The van der Waals surface area contributed by atoms with Crippen LogP contribution in [0.4, 0.5) is 4.39 Å². The molecule has 2 unspecified atom stereocenters. The van der Waals surface area contributed by atoms with E-state index < -0.39 is 0 Å². The van der Waals surface area contributed by atoms with E-state index in [0.717, 1.165) is 18.6 Å². The second kappa shape index (κ2) is 6.44. The highest BCUT2D eigenvalue weighted by molar-refractivity contribution is 5.94. The SMILES string of the molecule is O=C(c1ccc(F)cc1)N1CCC2(CC(Oc3cccnc3)CO2)C1. The molecule has 130 valence electrons. The van der Waals surface area contributed by atoms with Crippen molar-refractivity contribution >= 4 is 5.91 Å². The Kier molecular flexibility index (Phi) is 4.13. The Labute approximate surface area is 145 Å². The molecule has 2 aliphatic rings. The summed E-state index contributed by atoms with van der Waals surface area (Å²) in [6.45, 7) is 1.68. The molecule has 2 aliphatic heterocycles. The number of benzene rings is 1. The third-order valence-electron chi connectivity index (χ3n) is 4.81. The highest BCUT2D eigenvalue weighted by Gasteiger charge is 2.47. The maximum atomic E-state index is 13.0. The molecule has 0 saturated carbocycles. The van der Waals surface area contributed by atoms with Crippen molar-refractivity contribution in [1.29, 1.82) is 0 Å². The van der Waals surface area contributed by atoms with Gasteiger partial charge in [-0.15, -0.1) is 0 Å². The standard InChI is InChI=1S/C19H19FN2O3/c20-15-5-3-14(4-6-15)18(23)22-9-7-19(13-22)10-17(12-24-19)25-16-2-1-8-21-11-16/h1-6,8,11,17H,7,9-10,12-13H2. The molecule has 5 nitrogen and oxygen atoms in total. The van der Waals surface area contributed by atoms with E-state index in [-0.39, 0.29) is 23.4 Å². The predicted octanol–water partition coefficient (Wildman–Crippen LogP) is 2.67. The van der Waals surface area contributed by atoms with E-state index in [9.17, 15) is 9.18 Å². The number of carbonyl (C=O) groups excluding carboxylic acids is 1. The zero-order chi connectivity index (χ0) is 17.3. The largest absolute Gasteiger partial charge is 0.486 e. The van der Waals surface area contributed by atoms with Crippen LogP contribution in [-0.4, -0.2) is 47.2 Å². The van der Waals surface area contributed by atoms with Gasteiger partial charge in [0.15, 0.2) is 0 Å². The molecule has 0 bridgehead atoms. The number of nitrogens with zero attached hydrogens (tertiary/aromatic N) is 2. The van der Waals surface area contributed by atoms with Gasteiger partial charge in [-0.05, 0) is 42.8 Å². The lowest BCUT2D eigenvalue weighted by molar-refractivity contribution is 0.00995. The maximum absolute atomic E-state index is 13.0. The van der Waals surface area contributed by atoms with Crippen LogP contribution in [0, 0.1) is 5.82 Å². The van der Waals surface area contributed by atoms with Gasteiger partial charge in [-0.2, -0.15) is 0 Å². The topological polar surface area (TPSA) is 51.7 Å². The minimum absolute atomic E-state index is 0.0370. The van der Waals surface area contributed by atoms with Crippen LogP contribution in [0.2, 0.25) is 0 Å². The first-order valence-electron chi connectivity index (χ1n) is 8.39. The fourth-order valence-electron chi connectivity index (χ4n) is 3.56. The predicted molar refractivity (Wildman–Crippen MR) is 88.9 cm³/mol. The Morgan fingerprint density at radius 3 is 2.92 bits per heavy atom. The van der Waals surface area contributed by atoms with E-state index in [1.165, 1.54) is 24.3 Å². The highest BCUT2D eigenvalue weighted by atomic mass is 19.1. The lowest BCUT2D eigenvalue weighted by Crippen LogP contribution is -2.36. The van der Waals surface area contributed by atoms with Gasteiger partial charge in [0.1, 0.15) is 17.7 Å². The number of aromatic nitrogens is 1. The lowest BCUT2D eigenvalue weighted by atomic mass is 9.98. The van der Waals surface area contributed by atoms with Crippen molar-refractivity contribution < 1.29 is 18.7 Å². The van der Waals surface area contributed by atoms with Gasteiger partial charge < -0.3 is 14.4 Å². The number of rotatable bonds is 3. The van der Waals surface area contributed by atoms with Crippen molar-refractivity contribution in [2.24, 2.45) is 0 Å². The summed E-state index contributed by atoms with van der Waals surface area (Å²) in [4.78, 5) is 18.4. The van der Waals surface area contributed by atoms with Crippen LogP contribution in [0.1, 0.15) is 23.2 Å². The van der Waals surface area contributed by atoms with Crippen molar-refractivity contribution in [2.75, 3.05) is 19.7 Å². The van der Waals surface area contributed by atoms with Crippen molar-refractivity contribution in [3.8, 4) is 5.75 Å². The number of ether oxygens (including phenoxy) is 2. The number of halogens is 1. The van der Waals surface area contributed by atoms with Crippen LogP contribution in [-0.2, 0) is 4.74 Å². The smallest absolute Gasteiger partial charge is 0.253 e. The Hall–Kier alpha value is -2.47. The minimum Gasteiger partial charge on any atom is -0.486 e. The van der Waals surface area contributed by atoms with Crippen LogP contribution < -0.4 is 4.74 Å². The molecule has 1 amide bonds. The van der Waals surface area contributed by atoms with Gasteiger partial charge in [-0.25, -0.2) is 4.39 Å². The average molecular weight is 342 g/mol. The molecule has 1 spiro atoms. The maximum Gasteiger partial charge on any atom is 0.253 e. The highest BCUT2D eigenvalue weighted by Crippen LogP contribution is 2.37. The molecule has 3 heterocycles. The molecule has 0 N–H and O–H groups in total. The molecule has 1 aromatic heterocycles. The van der Waals surface area contributed by atoms with Crippen molar-refractivity contribution in [2.45, 2.75) is 24.5 Å². The molecule has 6 heteroatoms. The molecule has 2 saturated heterocycles. The van der Waals surface area contributed by atoms with Crippen LogP contribution in [0.25, 0.3) is 0 Å². The van der Waals surface area contributed by atoms with Crippen LogP contribution >= 0.6 is 0 Å². The normalized spacial score (nSPS) is 25.5. The van der Waals surface area contributed by atoms with Gasteiger partial charge in [-0.3, -0.25) is 9.78 Å². The summed E-state index contributed by atoms with van der Waals surface area (Å²) in [5.74, 6) is 0.298. The molecular weight excluding hydrogens is 323 g/mol. The Morgan fingerprint density at radius 2 is 2.16 bits per heavy atom. The van der Waals surface area contributed by atoms with Crippen LogP contribution in [0.3, 0.4) is 0 Å². The van der Waals surface area contributed by atoms with Gasteiger partial charge >= 0.3 is 0 Å². The summed E-state index contributed by atoms with van der Waals surface area (Å²) in [7, 11) is 0. The summed E-state index contributed by atoms with van der Waals surface area (Å²) in [5.41, 5.74) is 0.155. The van der Waals surface area contributed by atoms with E-state index in [1.807, 2.05) is 12.1 Å². The van der Waals surface area contributed by atoms with Gasteiger partial charge in [0.2, 0.25) is 0 Å². The summed E-state index contributed by atoms with van der Waals surface area (Å²) >= 11 is 0. The van der Waals surface area contributed by atoms with Crippen LogP contribution in [0.15, 0.2) is 48.8 Å². The van der Waals surface area contributed by atoms with Crippen molar-refractivity contribution in [1.82, 2.24) is 9.88 Å². The number of hydrogen-bond acceptors (Lipinski definition) is 4. The number of pyridine rings is 1. The molecule has 0 radical (unpaired) electrons. The van der Waals surface area contributed by atoms with Crippen molar-refractivity contribution in [3.63, 3.8) is 0 Å². The average Bonchev–Trinajstić information content (AvgIpc) is 3.23. The summed E-state index contributed by atoms with van der Waals surface area (Å²) in [5, 5.41) is 0. The molecule has 1 aromatic carbocycles. The summed E-state index contributed by atoms with van der Waals surface area (Å²) in [6, 6.07) is 9.36. The van der Waals surface area contributed by atoms with E-state index in [1.54, 1.807) is 17.3 Å². The Bertz CT molecular complexity index is 753. The third kappa shape index (κ3) is 3.35. The van der Waals surface area contributed by atoms with Crippen molar-refractivity contribution in [3.05, 3.63) is 60.2 Å². The van der Waals surface area contributed by atoms with E-state index >= 15 is 0 Å². The molecule has 2 fully saturated rings. The van der Waals surface area contributed by atoms with E-state index in [2.05, 4.69) is 4.98 Å². The number of likely N-dealkylation sites (tertiary alicyclic amines) is 1. The molecule has 2 atom stereocenters. The first-order valence-corrected chi connectivity index (χ1v) is 8.39. The quantitative estimate of drug-likeness (QED) is 0.861. The Balaban J connectivity index is 1.38. The number of carbonyl (C=O) groups is 1. The molecule has 25 heavy (non-hydrogen) atoms. The molecule has 4 rings (SSSR count). The van der Waals surface area contributed by atoms with Gasteiger partial charge in [-0.1, -0.05) is 0 Å². The second-order valence-electron chi connectivity index (χ2n) is 6.61. The van der Waals surface area contributed by atoms with Crippen LogP contribution in [0.5, 0.6) is 5.75 Å². The summed E-state index contributed by atoms with van der Waals surface area (Å²) < 4.78 is 25.0. The third-order valence-corrected chi connectivity index (χ3v) is 4.81.